The zero-order valence-electron chi connectivity index (χ0n) is 13.1. The molecule has 0 bridgehead atoms. The predicted molar refractivity (Wildman–Crippen MR) is 95.0 cm³/mol. The summed E-state index contributed by atoms with van der Waals surface area (Å²) in [5, 5.41) is 0. The molecule has 4 rings (SSSR count). The average Bonchev–Trinajstić information content (AvgIpc) is 2.64. The van der Waals surface area contributed by atoms with Crippen LogP contribution in [-0.4, -0.2) is 31.4 Å². The number of hydrogen-bond donors (Lipinski definition) is 0. The highest BCUT2D eigenvalue weighted by Gasteiger charge is 2.19. The van der Waals surface area contributed by atoms with E-state index in [1.54, 1.807) is 12.4 Å². The molecule has 24 heavy (non-hydrogen) atoms. The Morgan fingerprint density at radius 1 is 1.08 bits per heavy atom. The van der Waals surface area contributed by atoms with Crippen molar-refractivity contribution in [3.63, 3.8) is 0 Å². The Balaban J connectivity index is 1.53. The standard InChI is InChI=1S/C18H16BrN5/c19-16-4-2-1-3-13(16)10-24-6-5-17-15(11-24)9-22-18(23-17)14-7-20-12-21-8-14/h1-4,7-9,12H,5-6,10-11H2. The second kappa shape index (κ2) is 6.75. The summed E-state index contributed by atoms with van der Waals surface area (Å²) in [7, 11) is 0. The maximum absolute atomic E-state index is 4.72. The maximum Gasteiger partial charge on any atom is 0.162 e. The molecule has 3 aromatic rings. The van der Waals surface area contributed by atoms with E-state index in [1.165, 1.54) is 17.5 Å². The lowest BCUT2D eigenvalue weighted by Crippen LogP contribution is -2.31. The van der Waals surface area contributed by atoms with E-state index >= 15 is 0 Å². The lowest BCUT2D eigenvalue weighted by molar-refractivity contribution is 0.242. The van der Waals surface area contributed by atoms with Gasteiger partial charge in [0.25, 0.3) is 0 Å². The van der Waals surface area contributed by atoms with Crippen molar-refractivity contribution < 1.29 is 0 Å². The Morgan fingerprint density at radius 3 is 2.75 bits per heavy atom. The maximum atomic E-state index is 4.72. The van der Waals surface area contributed by atoms with Crippen molar-refractivity contribution in [2.75, 3.05) is 6.54 Å². The summed E-state index contributed by atoms with van der Waals surface area (Å²) in [6, 6.07) is 8.37. The van der Waals surface area contributed by atoms with Gasteiger partial charge in [0.05, 0.1) is 11.3 Å². The quantitative estimate of drug-likeness (QED) is 0.696. The van der Waals surface area contributed by atoms with Crippen LogP contribution in [0.1, 0.15) is 16.8 Å². The molecule has 120 valence electrons. The van der Waals surface area contributed by atoms with E-state index in [4.69, 9.17) is 4.98 Å². The van der Waals surface area contributed by atoms with Gasteiger partial charge in [0, 0.05) is 54.7 Å². The Labute approximate surface area is 149 Å². The van der Waals surface area contributed by atoms with Crippen LogP contribution in [0.25, 0.3) is 11.4 Å². The largest absolute Gasteiger partial charge is 0.294 e. The Kier molecular flexibility index (Phi) is 4.32. The molecule has 2 aromatic heterocycles. The third-order valence-corrected chi connectivity index (χ3v) is 4.96. The van der Waals surface area contributed by atoms with Crippen molar-refractivity contribution >= 4 is 15.9 Å². The highest BCUT2D eigenvalue weighted by atomic mass is 79.9. The first kappa shape index (κ1) is 15.4. The van der Waals surface area contributed by atoms with E-state index in [1.807, 2.05) is 12.3 Å². The van der Waals surface area contributed by atoms with Crippen LogP contribution in [0.5, 0.6) is 0 Å². The molecule has 1 aromatic carbocycles. The van der Waals surface area contributed by atoms with Gasteiger partial charge in [-0.1, -0.05) is 34.1 Å². The monoisotopic (exact) mass is 381 g/mol. The van der Waals surface area contributed by atoms with Gasteiger partial charge in [-0.3, -0.25) is 4.90 Å². The van der Waals surface area contributed by atoms with Crippen molar-refractivity contribution in [2.24, 2.45) is 0 Å². The summed E-state index contributed by atoms with van der Waals surface area (Å²) in [6.45, 7) is 2.80. The third-order valence-electron chi connectivity index (χ3n) is 4.18. The molecule has 0 spiro atoms. The Hall–Kier alpha value is -2.18. The zero-order chi connectivity index (χ0) is 16.4. The van der Waals surface area contributed by atoms with Crippen LogP contribution in [0, 0.1) is 0 Å². The Bertz CT molecular complexity index is 853. The summed E-state index contributed by atoms with van der Waals surface area (Å²) in [6.07, 6.45) is 7.88. The van der Waals surface area contributed by atoms with E-state index in [-0.39, 0.29) is 0 Å². The minimum Gasteiger partial charge on any atom is -0.294 e. The van der Waals surface area contributed by atoms with Crippen LogP contribution in [0.4, 0.5) is 0 Å². The van der Waals surface area contributed by atoms with E-state index in [9.17, 15) is 0 Å². The van der Waals surface area contributed by atoms with E-state index in [2.05, 4.69) is 54.0 Å². The number of rotatable bonds is 3. The van der Waals surface area contributed by atoms with E-state index in [0.29, 0.717) is 5.82 Å². The molecular weight excluding hydrogens is 366 g/mol. The zero-order valence-corrected chi connectivity index (χ0v) is 14.6. The fraction of sp³-hybridized carbons (Fsp3) is 0.222. The third kappa shape index (κ3) is 3.20. The van der Waals surface area contributed by atoms with Crippen LogP contribution >= 0.6 is 15.9 Å². The van der Waals surface area contributed by atoms with Gasteiger partial charge in [-0.2, -0.15) is 0 Å². The van der Waals surface area contributed by atoms with Crippen molar-refractivity contribution in [3.05, 3.63) is 70.5 Å². The summed E-state index contributed by atoms with van der Waals surface area (Å²) < 4.78 is 1.16. The lowest BCUT2D eigenvalue weighted by Gasteiger charge is -2.28. The Morgan fingerprint density at radius 2 is 1.92 bits per heavy atom. The van der Waals surface area contributed by atoms with Gasteiger partial charge in [0.1, 0.15) is 6.33 Å². The fourth-order valence-electron chi connectivity index (χ4n) is 2.93. The first-order chi connectivity index (χ1) is 11.8. The first-order valence-electron chi connectivity index (χ1n) is 7.85. The van der Waals surface area contributed by atoms with Gasteiger partial charge >= 0.3 is 0 Å². The number of hydrogen-bond acceptors (Lipinski definition) is 5. The minimum atomic E-state index is 0.702. The number of halogens is 1. The lowest BCUT2D eigenvalue weighted by atomic mass is 10.1. The topological polar surface area (TPSA) is 54.8 Å². The van der Waals surface area contributed by atoms with Crippen LogP contribution in [0.3, 0.4) is 0 Å². The van der Waals surface area contributed by atoms with Crippen LogP contribution in [0.15, 0.2) is 53.7 Å². The number of aromatic nitrogens is 4. The SMILES string of the molecule is Brc1ccccc1CN1CCc2nc(-c3cncnc3)ncc2C1. The highest BCUT2D eigenvalue weighted by molar-refractivity contribution is 9.10. The van der Waals surface area contributed by atoms with Gasteiger partial charge in [0.15, 0.2) is 5.82 Å². The molecule has 3 heterocycles. The summed E-state index contributed by atoms with van der Waals surface area (Å²) >= 11 is 3.63. The molecule has 1 aliphatic heterocycles. The highest BCUT2D eigenvalue weighted by Crippen LogP contribution is 2.23. The minimum absolute atomic E-state index is 0.702. The van der Waals surface area contributed by atoms with Crippen LogP contribution < -0.4 is 0 Å². The second-order valence-electron chi connectivity index (χ2n) is 5.84. The van der Waals surface area contributed by atoms with E-state index < -0.39 is 0 Å². The summed E-state index contributed by atoms with van der Waals surface area (Å²) in [5.41, 5.74) is 4.50. The van der Waals surface area contributed by atoms with E-state index in [0.717, 1.165) is 41.8 Å². The molecule has 0 atom stereocenters. The van der Waals surface area contributed by atoms with Gasteiger partial charge < -0.3 is 0 Å². The van der Waals surface area contributed by atoms with Gasteiger partial charge in [-0.15, -0.1) is 0 Å². The van der Waals surface area contributed by atoms with Crippen LogP contribution in [0.2, 0.25) is 0 Å². The summed E-state index contributed by atoms with van der Waals surface area (Å²) in [4.78, 5) is 19.7. The molecule has 0 N–H and O–H groups in total. The van der Waals surface area contributed by atoms with Crippen molar-refractivity contribution in [2.45, 2.75) is 19.5 Å². The molecule has 0 saturated carbocycles. The average molecular weight is 382 g/mol. The predicted octanol–water partition coefficient (Wildman–Crippen LogP) is 3.25. The molecule has 0 unspecified atom stereocenters. The smallest absolute Gasteiger partial charge is 0.162 e. The molecular formula is C18H16BrN5. The molecule has 5 nitrogen and oxygen atoms in total. The molecule has 0 aliphatic carbocycles. The molecule has 6 heteroatoms. The first-order valence-corrected chi connectivity index (χ1v) is 8.65. The molecule has 0 radical (unpaired) electrons. The second-order valence-corrected chi connectivity index (χ2v) is 6.70. The number of benzene rings is 1. The van der Waals surface area contributed by atoms with Crippen molar-refractivity contribution in [1.82, 2.24) is 24.8 Å². The van der Waals surface area contributed by atoms with Gasteiger partial charge in [-0.25, -0.2) is 19.9 Å². The molecule has 0 amide bonds. The fourth-order valence-corrected chi connectivity index (χ4v) is 3.34. The van der Waals surface area contributed by atoms with Gasteiger partial charge in [-0.05, 0) is 11.6 Å². The summed E-state index contributed by atoms with van der Waals surface area (Å²) in [5.74, 6) is 0.702. The molecule has 1 aliphatic rings. The van der Waals surface area contributed by atoms with Crippen LogP contribution in [-0.2, 0) is 19.5 Å². The van der Waals surface area contributed by atoms with Crippen molar-refractivity contribution in [3.8, 4) is 11.4 Å². The number of nitrogens with zero attached hydrogens (tertiary/aromatic N) is 5. The number of fused-ring (bicyclic) bond motifs is 1. The molecule has 0 fully saturated rings. The molecule has 0 saturated heterocycles. The normalized spacial score (nSPS) is 14.4. The van der Waals surface area contributed by atoms with Crippen molar-refractivity contribution in [1.29, 1.82) is 0 Å². The van der Waals surface area contributed by atoms with Gasteiger partial charge in [0.2, 0.25) is 0 Å².